The number of nitrogens with two attached hydrogens (primary N) is 1. The third-order valence-corrected chi connectivity index (χ3v) is 6.07. The minimum atomic E-state index is -1.11. The standard InChI is InChI=1S/C27H32N4O3S/c1-17-11-19(13-25(32)31-20(15-28)16-30-27(3,4)5)12-18(2)26(17)34-24-9-10-29-23-8-7-21(35(6)33)14-22(23)24/h7-12,14-16H,13,28H2,1-6H3,(H,31,32)/b20-15+,30-16?. The van der Waals surface area contributed by atoms with Crippen LogP contribution in [0.15, 0.2) is 64.4 Å². The van der Waals surface area contributed by atoms with Crippen LogP contribution in [0.25, 0.3) is 10.9 Å². The zero-order valence-electron chi connectivity index (χ0n) is 21.0. The van der Waals surface area contributed by atoms with Crippen LogP contribution in [0.3, 0.4) is 0 Å². The highest BCUT2D eigenvalue weighted by Gasteiger charge is 2.14. The predicted molar refractivity (Wildman–Crippen MR) is 142 cm³/mol. The van der Waals surface area contributed by atoms with Gasteiger partial charge in [-0.3, -0.25) is 19.0 Å². The van der Waals surface area contributed by atoms with Crippen molar-refractivity contribution >= 4 is 33.8 Å². The second-order valence-corrected chi connectivity index (χ2v) is 10.8. The molecule has 0 aliphatic rings. The quantitative estimate of drug-likeness (QED) is 0.465. The number of pyridine rings is 1. The van der Waals surface area contributed by atoms with Crippen molar-refractivity contribution in [2.75, 3.05) is 6.26 Å². The van der Waals surface area contributed by atoms with Gasteiger partial charge in [-0.15, -0.1) is 0 Å². The summed E-state index contributed by atoms with van der Waals surface area (Å²) >= 11 is 0. The third kappa shape index (κ3) is 6.99. The zero-order chi connectivity index (χ0) is 25.8. The van der Waals surface area contributed by atoms with Crippen molar-refractivity contribution in [3.05, 3.63) is 71.2 Å². The monoisotopic (exact) mass is 492 g/mol. The molecule has 184 valence electrons. The molecule has 0 saturated carbocycles. The molecule has 8 heteroatoms. The number of aliphatic imine (C=N–C) groups is 1. The Kier molecular flexibility index (Phi) is 8.07. The summed E-state index contributed by atoms with van der Waals surface area (Å²) in [5, 5.41) is 3.59. The van der Waals surface area contributed by atoms with Crippen molar-refractivity contribution in [1.82, 2.24) is 10.3 Å². The number of amides is 1. The van der Waals surface area contributed by atoms with Crippen molar-refractivity contribution in [1.29, 1.82) is 0 Å². The van der Waals surface area contributed by atoms with Gasteiger partial charge in [-0.2, -0.15) is 0 Å². The average Bonchev–Trinajstić information content (AvgIpc) is 2.78. The number of carbonyl (C=O) groups is 1. The van der Waals surface area contributed by atoms with E-state index in [4.69, 9.17) is 10.5 Å². The normalized spacial score (nSPS) is 13.3. The molecule has 7 nitrogen and oxygen atoms in total. The second-order valence-electron chi connectivity index (χ2n) is 9.38. The molecule has 0 fully saturated rings. The Morgan fingerprint density at radius 2 is 1.86 bits per heavy atom. The predicted octanol–water partition coefficient (Wildman–Crippen LogP) is 4.71. The van der Waals surface area contributed by atoms with Crippen molar-refractivity contribution in [2.45, 2.75) is 51.5 Å². The molecule has 1 atom stereocenters. The maximum absolute atomic E-state index is 12.6. The summed E-state index contributed by atoms with van der Waals surface area (Å²) in [5.74, 6) is 1.16. The van der Waals surface area contributed by atoms with E-state index in [2.05, 4.69) is 15.3 Å². The molecule has 0 aliphatic carbocycles. The summed E-state index contributed by atoms with van der Waals surface area (Å²) in [6.07, 6.45) is 6.43. The second kappa shape index (κ2) is 10.8. The molecule has 0 bridgehead atoms. The summed E-state index contributed by atoms with van der Waals surface area (Å²) in [5.41, 5.74) is 9.25. The summed E-state index contributed by atoms with van der Waals surface area (Å²) in [7, 11) is -1.11. The maximum atomic E-state index is 12.6. The van der Waals surface area contributed by atoms with Gasteiger partial charge in [-0.05, 0) is 75.6 Å². The Morgan fingerprint density at radius 1 is 1.17 bits per heavy atom. The van der Waals surface area contributed by atoms with Gasteiger partial charge in [-0.25, -0.2) is 0 Å². The van der Waals surface area contributed by atoms with Crippen molar-refractivity contribution in [3.8, 4) is 11.5 Å². The van der Waals surface area contributed by atoms with Gasteiger partial charge in [0.05, 0.1) is 23.2 Å². The zero-order valence-corrected chi connectivity index (χ0v) is 21.8. The first-order chi connectivity index (χ1) is 16.5. The van der Waals surface area contributed by atoms with Crippen LogP contribution < -0.4 is 15.8 Å². The molecule has 3 rings (SSSR count). The van der Waals surface area contributed by atoms with Gasteiger partial charge in [0.15, 0.2) is 0 Å². The number of nitrogens with one attached hydrogen (secondary N) is 1. The molecule has 1 amide bonds. The highest BCUT2D eigenvalue weighted by atomic mass is 32.2. The average molecular weight is 493 g/mol. The molecule has 1 heterocycles. The highest BCUT2D eigenvalue weighted by molar-refractivity contribution is 7.84. The van der Waals surface area contributed by atoms with E-state index in [-0.39, 0.29) is 17.9 Å². The minimum Gasteiger partial charge on any atom is -0.456 e. The molecule has 0 radical (unpaired) electrons. The minimum absolute atomic E-state index is 0.185. The fourth-order valence-corrected chi connectivity index (χ4v) is 4.10. The molecule has 0 saturated heterocycles. The summed E-state index contributed by atoms with van der Waals surface area (Å²) in [4.78, 5) is 22.1. The Morgan fingerprint density at radius 3 is 2.46 bits per heavy atom. The topological polar surface area (TPSA) is 107 Å². The van der Waals surface area contributed by atoms with Gasteiger partial charge in [0.25, 0.3) is 0 Å². The number of carbonyl (C=O) groups excluding carboxylic acids is 1. The van der Waals surface area contributed by atoms with E-state index in [0.717, 1.165) is 27.6 Å². The van der Waals surface area contributed by atoms with E-state index in [9.17, 15) is 9.00 Å². The van der Waals surface area contributed by atoms with E-state index in [1.165, 1.54) is 6.20 Å². The summed E-state index contributed by atoms with van der Waals surface area (Å²) in [6, 6.07) is 11.2. The van der Waals surface area contributed by atoms with Gasteiger partial charge in [-0.1, -0.05) is 12.1 Å². The Hall–Kier alpha value is -3.52. The molecule has 3 aromatic rings. The molecule has 35 heavy (non-hydrogen) atoms. The number of benzene rings is 2. The number of fused-ring (bicyclic) bond motifs is 1. The molecular formula is C27H32N4O3S. The van der Waals surface area contributed by atoms with E-state index in [1.54, 1.807) is 24.7 Å². The van der Waals surface area contributed by atoms with Crippen LogP contribution in [0.4, 0.5) is 0 Å². The lowest BCUT2D eigenvalue weighted by molar-refractivity contribution is -0.119. The lowest BCUT2D eigenvalue weighted by Crippen LogP contribution is -2.26. The summed E-state index contributed by atoms with van der Waals surface area (Å²) < 4.78 is 18.3. The van der Waals surface area contributed by atoms with Crippen molar-refractivity contribution < 1.29 is 13.7 Å². The van der Waals surface area contributed by atoms with E-state index < -0.39 is 10.8 Å². The lowest BCUT2D eigenvalue weighted by atomic mass is 10.0. The smallest absolute Gasteiger partial charge is 0.228 e. The van der Waals surface area contributed by atoms with Crippen LogP contribution >= 0.6 is 0 Å². The molecule has 1 unspecified atom stereocenters. The number of hydrogen-bond acceptors (Lipinski definition) is 6. The number of rotatable bonds is 7. The number of aromatic nitrogens is 1. The Labute approximate surface area is 209 Å². The molecule has 3 N–H and O–H groups in total. The van der Waals surface area contributed by atoms with Crippen molar-refractivity contribution in [3.63, 3.8) is 0 Å². The number of allylic oxidation sites excluding steroid dienone is 1. The lowest BCUT2D eigenvalue weighted by Gasteiger charge is -2.16. The highest BCUT2D eigenvalue weighted by Crippen LogP contribution is 2.34. The molecule has 0 aliphatic heterocycles. The van der Waals surface area contributed by atoms with Gasteiger partial charge in [0.2, 0.25) is 5.91 Å². The fraction of sp³-hybridized carbons (Fsp3) is 0.296. The van der Waals surface area contributed by atoms with Crippen molar-refractivity contribution in [2.24, 2.45) is 10.7 Å². The first-order valence-electron chi connectivity index (χ1n) is 11.2. The Bertz CT molecular complexity index is 1320. The van der Waals surface area contributed by atoms with Gasteiger partial charge in [0.1, 0.15) is 11.5 Å². The fourth-order valence-electron chi connectivity index (χ4n) is 3.55. The first kappa shape index (κ1) is 26.1. The van der Waals surface area contributed by atoms with Gasteiger partial charge >= 0.3 is 0 Å². The number of nitrogens with zero attached hydrogens (tertiary/aromatic N) is 2. The molecule has 2 aromatic carbocycles. The Balaban J connectivity index is 1.81. The summed E-state index contributed by atoms with van der Waals surface area (Å²) in [6.45, 7) is 9.79. The number of ether oxygens (including phenoxy) is 1. The van der Waals surface area contributed by atoms with E-state index in [0.29, 0.717) is 22.1 Å². The van der Waals surface area contributed by atoms with Crippen LogP contribution in [-0.4, -0.2) is 33.1 Å². The SMILES string of the molecule is Cc1cc(CC(=O)N/C(C=NC(C)(C)C)=C/N)cc(C)c1Oc1ccnc2ccc(S(C)=O)cc12. The largest absolute Gasteiger partial charge is 0.456 e. The number of aryl methyl sites for hydroxylation is 2. The molecule has 0 spiro atoms. The van der Waals surface area contributed by atoms with Crippen LogP contribution in [0, 0.1) is 13.8 Å². The molecule has 1 aromatic heterocycles. The molecular weight excluding hydrogens is 460 g/mol. The van der Waals surface area contributed by atoms with E-state index in [1.807, 2.05) is 65.0 Å². The third-order valence-electron chi connectivity index (χ3n) is 5.16. The maximum Gasteiger partial charge on any atom is 0.228 e. The van der Waals surface area contributed by atoms with Gasteiger partial charge in [0, 0.05) is 45.9 Å². The van der Waals surface area contributed by atoms with Gasteiger partial charge < -0.3 is 15.8 Å². The van der Waals surface area contributed by atoms with Crippen LogP contribution in [-0.2, 0) is 22.0 Å². The van der Waals surface area contributed by atoms with E-state index >= 15 is 0 Å². The van der Waals surface area contributed by atoms with Crippen LogP contribution in [0.2, 0.25) is 0 Å². The van der Waals surface area contributed by atoms with Crippen LogP contribution in [0.1, 0.15) is 37.5 Å². The first-order valence-corrected chi connectivity index (χ1v) is 12.8. The van der Waals surface area contributed by atoms with Crippen LogP contribution in [0.5, 0.6) is 11.5 Å². The number of hydrogen-bond donors (Lipinski definition) is 2.